The third kappa shape index (κ3) is 6.06. The van der Waals surface area contributed by atoms with Crippen molar-refractivity contribution in [1.82, 2.24) is 24.6 Å². The van der Waals surface area contributed by atoms with E-state index in [1.807, 2.05) is 36.9 Å². The molecule has 0 radical (unpaired) electrons. The Morgan fingerprint density at radius 2 is 1.82 bits per heavy atom. The average Bonchev–Trinajstić information content (AvgIpc) is 3.10. The summed E-state index contributed by atoms with van der Waals surface area (Å²) in [5.41, 5.74) is 5.32. The Labute approximate surface area is 197 Å². The van der Waals surface area contributed by atoms with Gasteiger partial charge in [0, 0.05) is 43.6 Å². The fourth-order valence-electron chi connectivity index (χ4n) is 5.17. The van der Waals surface area contributed by atoms with Gasteiger partial charge in [-0.05, 0) is 82.9 Å². The molecule has 0 N–H and O–H groups in total. The highest BCUT2D eigenvalue weighted by molar-refractivity contribution is 5.20. The van der Waals surface area contributed by atoms with E-state index in [0.29, 0.717) is 5.92 Å². The first-order chi connectivity index (χ1) is 15.9. The van der Waals surface area contributed by atoms with Crippen LogP contribution < -0.4 is 0 Å². The van der Waals surface area contributed by atoms with Gasteiger partial charge >= 0.3 is 0 Å². The first kappa shape index (κ1) is 23.6. The van der Waals surface area contributed by atoms with E-state index < -0.39 is 0 Å². The summed E-state index contributed by atoms with van der Waals surface area (Å²) in [7, 11) is 4.15. The van der Waals surface area contributed by atoms with Crippen LogP contribution in [0, 0.1) is 25.6 Å². The zero-order chi connectivity index (χ0) is 23.4. The van der Waals surface area contributed by atoms with Crippen molar-refractivity contribution in [3.63, 3.8) is 0 Å². The molecular formula is C27H36FN5. The van der Waals surface area contributed by atoms with Crippen molar-refractivity contribution < 1.29 is 4.39 Å². The van der Waals surface area contributed by atoms with Crippen LogP contribution in [0.15, 0.2) is 48.7 Å². The Kier molecular flexibility index (Phi) is 7.56. The topological polar surface area (TPSA) is 37.2 Å². The van der Waals surface area contributed by atoms with Crippen molar-refractivity contribution in [2.75, 3.05) is 20.1 Å². The molecule has 6 heteroatoms. The highest BCUT2D eigenvalue weighted by Crippen LogP contribution is 2.29. The van der Waals surface area contributed by atoms with Crippen molar-refractivity contribution in [2.45, 2.75) is 52.2 Å². The number of hydrogen-bond acceptors (Lipinski definition) is 4. The number of pyridine rings is 1. The first-order valence-corrected chi connectivity index (χ1v) is 12.0. The molecule has 1 aliphatic rings. The van der Waals surface area contributed by atoms with Gasteiger partial charge in [-0.15, -0.1) is 0 Å². The predicted molar refractivity (Wildman–Crippen MR) is 130 cm³/mol. The van der Waals surface area contributed by atoms with Crippen LogP contribution in [-0.4, -0.2) is 50.7 Å². The Morgan fingerprint density at radius 3 is 2.48 bits per heavy atom. The van der Waals surface area contributed by atoms with E-state index in [9.17, 15) is 4.39 Å². The molecule has 1 aliphatic heterocycles. The second-order valence-electron chi connectivity index (χ2n) is 9.58. The average molecular weight is 450 g/mol. The van der Waals surface area contributed by atoms with Gasteiger partial charge in [-0.1, -0.05) is 24.3 Å². The van der Waals surface area contributed by atoms with E-state index in [1.54, 1.807) is 12.1 Å². The number of rotatable bonds is 8. The Bertz CT molecular complexity index is 1050. The fourth-order valence-corrected chi connectivity index (χ4v) is 5.17. The number of benzene rings is 1. The summed E-state index contributed by atoms with van der Waals surface area (Å²) >= 11 is 0. The number of halogens is 1. The highest BCUT2D eigenvalue weighted by Gasteiger charge is 2.30. The minimum atomic E-state index is -0.101. The van der Waals surface area contributed by atoms with Gasteiger partial charge < -0.3 is 0 Å². The summed E-state index contributed by atoms with van der Waals surface area (Å²) in [6, 6.07) is 13.8. The summed E-state index contributed by atoms with van der Waals surface area (Å²) in [6.45, 7) is 7.93. The van der Waals surface area contributed by atoms with Crippen LogP contribution in [-0.2, 0) is 26.6 Å². The van der Waals surface area contributed by atoms with Gasteiger partial charge in [0.1, 0.15) is 5.82 Å². The van der Waals surface area contributed by atoms with Crippen LogP contribution in [0.1, 0.15) is 41.1 Å². The molecule has 1 fully saturated rings. The Balaban J connectivity index is 1.46. The van der Waals surface area contributed by atoms with E-state index in [0.717, 1.165) is 68.1 Å². The van der Waals surface area contributed by atoms with Crippen LogP contribution in [0.5, 0.6) is 0 Å². The smallest absolute Gasteiger partial charge is 0.126 e. The molecule has 4 rings (SSSR count). The lowest BCUT2D eigenvalue weighted by molar-refractivity contribution is 0.0943. The standard InChI is InChI=1S/C27H36FN5/c1-20-8-7-10-25(29-20)19-33-14-12-22(13-15-33)27(16-23-9-5-6-11-26(23)28)31(3)17-24-18-32(4)30-21(24)2/h5-11,18,22,27H,12-17,19H2,1-4H3/t27-/m1/s1. The van der Waals surface area contributed by atoms with Crippen LogP contribution in [0.3, 0.4) is 0 Å². The monoisotopic (exact) mass is 449 g/mol. The van der Waals surface area contributed by atoms with Gasteiger partial charge in [-0.3, -0.25) is 19.5 Å². The van der Waals surface area contributed by atoms with E-state index >= 15 is 0 Å². The van der Waals surface area contributed by atoms with E-state index in [2.05, 4.69) is 52.2 Å². The summed E-state index contributed by atoms with van der Waals surface area (Å²) in [4.78, 5) is 9.59. The lowest BCUT2D eigenvalue weighted by Crippen LogP contribution is -2.45. The van der Waals surface area contributed by atoms with E-state index in [1.165, 1.54) is 5.56 Å². The lowest BCUT2D eigenvalue weighted by Gasteiger charge is -2.40. The number of likely N-dealkylation sites (tertiary alicyclic amines) is 1. The molecule has 0 amide bonds. The highest BCUT2D eigenvalue weighted by atomic mass is 19.1. The Hall–Kier alpha value is -2.57. The summed E-state index contributed by atoms with van der Waals surface area (Å²) < 4.78 is 16.4. The van der Waals surface area contributed by atoms with Crippen molar-refractivity contribution in [1.29, 1.82) is 0 Å². The second kappa shape index (κ2) is 10.6. The summed E-state index contributed by atoms with van der Waals surface area (Å²) in [5, 5.41) is 4.51. The third-order valence-electron chi connectivity index (χ3n) is 7.00. The number of nitrogens with zero attached hydrogens (tertiary/aromatic N) is 5. The van der Waals surface area contributed by atoms with Crippen LogP contribution in [0.25, 0.3) is 0 Å². The number of hydrogen-bond donors (Lipinski definition) is 0. The molecule has 0 aliphatic carbocycles. The van der Waals surface area contributed by atoms with Crippen molar-refractivity contribution in [2.24, 2.45) is 13.0 Å². The molecule has 3 heterocycles. The van der Waals surface area contributed by atoms with E-state index in [4.69, 9.17) is 0 Å². The molecule has 1 atom stereocenters. The van der Waals surface area contributed by atoms with Crippen molar-refractivity contribution >= 4 is 0 Å². The molecule has 3 aromatic rings. The Morgan fingerprint density at radius 1 is 1.06 bits per heavy atom. The minimum absolute atomic E-state index is 0.101. The minimum Gasteiger partial charge on any atom is -0.298 e. The molecule has 1 saturated heterocycles. The van der Waals surface area contributed by atoms with Gasteiger partial charge in [-0.25, -0.2) is 4.39 Å². The number of aromatic nitrogens is 3. The van der Waals surface area contributed by atoms with Gasteiger partial charge in [0.2, 0.25) is 0 Å². The molecule has 2 aromatic heterocycles. The third-order valence-corrected chi connectivity index (χ3v) is 7.00. The lowest BCUT2D eigenvalue weighted by atomic mass is 9.84. The zero-order valence-corrected chi connectivity index (χ0v) is 20.3. The quantitative estimate of drug-likeness (QED) is 0.507. The van der Waals surface area contributed by atoms with Crippen LogP contribution in [0.2, 0.25) is 0 Å². The van der Waals surface area contributed by atoms with Gasteiger partial charge in [0.15, 0.2) is 0 Å². The molecule has 1 aromatic carbocycles. The molecule has 5 nitrogen and oxygen atoms in total. The van der Waals surface area contributed by atoms with Crippen LogP contribution in [0.4, 0.5) is 4.39 Å². The van der Waals surface area contributed by atoms with Crippen LogP contribution >= 0.6 is 0 Å². The largest absolute Gasteiger partial charge is 0.298 e. The SMILES string of the molecule is Cc1cccc(CN2CCC([C@@H](Cc3ccccc3F)N(C)Cc3cn(C)nc3C)CC2)n1. The van der Waals surface area contributed by atoms with Gasteiger partial charge in [0.25, 0.3) is 0 Å². The molecule has 0 spiro atoms. The van der Waals surface area contributed by atoms with E-state index in [-0.39, 0.29) is 11.9 Å². The summed E-state index contributed by atoms with van der Waals surface area (Å²) in [6.07, 6.45) is 5.05. The maximum atomic E-state index is 14.6. The molecular weight excluding hydrogens is 413 g/mol. The van der Waals surface area contributed by atoms with Gasteiger partial charge in [-0.2, -0.15) is 5.10 Å². The summed E-state index contributed by atoms with van der Waals surface area (Å²) in [5.74, 6) is 0.421. The first-order valence-electron chi connectivity index (χ1n) is 12.0. The fraction of sp³-hybridized carbons (Fsp3) is 0.481. The zero-order valence-electron chi connectivity index (χ0n) is 20.3. The maximum absolute atomic E-state index is 14.6. The normalized spacial score (nSPS) is 16.4. The number of piperidine rings is 1. The number of likely N-dealkylation sites (N-methyl/N-ethyl adjacent to an activating group) is 1. The van der Waals surface area contributed by atoms with Crippen molar-refractivity contribution in [3.05, 3.63) is 82.7 Å². The van der Waals surface area contributed by atoms with Crippen molar-refractivity contribution in [3.8, 4) is 0 Å². The van der Waals surface area contributed by atoms with Gasteiger partial charge in [0.05, 0.1) is 11.4 Å². The second-order valence-corrected chi connectivity index (χ2v) is 9.58. The number of aryl methyl sites for hydroxylation is 3. The molecule has 0 saturated carbocycles. The molecule has 33 heavy (non-hydrogen) atoms. The molecule has 0 bridgehead atoms. The molecule has 176 valence electrons. The molecule has 0 unspecified atom stereocenters. The predicted octanol–water partition coefficient (Wildman–Crippen LogP) is 4.53. The maximum Gasteiger partial charge on any atom is 0.126 e.